The number of ether oxygens (including phenoxy) is 2. The molecule has 0 spiro atoms. The minimum Gasteiger partial charge on any atom is -0.505 e. The molecule has 0 bridgehead atoms. The van der Waals surface area contributed by atoms with Gasteiger partial charge in [0.15, 0.2) is 11.5 Å². The molecule has 1 aliphatic carbocycles. The van der Waals surface area contributed by atoms with E-state index in [0.717, 1.165) is 19.3 Å². The van der Waals surface area contributed by atoms with Gasteiger partial charge in [0, 0.05) is 17.5 Å². The number of hydrogen-bond acceptors (Lipinski definition) is 4. The number of rotatable bonds is 4. The van der Waals surface area contributed by atoms with Crippen molar-refractivity contribution >= 4 is 0 Å². The smallest absolute Gasteiger partial charge is 0.210 e. The summed E-state index contributed by atoms with van der Waals surface area (Å²) in [5.41, 5.74) is 5.97. The first kappa shape index (κ1) is 13.0. The van der Waals surface area contributed by atoms with Crippen LogP contribution in [0.15, 0.2) is 6.07 Å². The normalized spacial score (nSPS) is 17.1. The van der Waals surface area contributed by atoms with Crippen molar-refractivity contribution in [2.24, 2.45) is 5.73 Å². The molecule has 1 saturated carbocycles. The van der Waals surface area contributed by atoms with E-state index in [4.69, 9.17) is 15.2 Å². The van der Waals surface area contributed by atoms with Gasteiger partial charge in [0.2, 0.25) is 11.6 Å². The molecule has 0 amide bonds. The van der Waals surface area contributed by atoms with Crippen LogP contribution in [0.3, 0.4) is 0 Å². The third-order valence-corrected chi connectivity index (χ3v) is 3.86. The van der Waals surface area contributed by atoms with Crippen molar-refractivity contribution in [3.8, 4) is 17.2 Å². The molecule has 18 heavy (non-hydrogen) atoms. The van der Waals surface area contributed by atoms with Crippen LogP contribution >= 0.6 is 0 Å². The molecule has 0 aromatic heterocycles. The average Bonchev–Trinajstić information content (AvgIpc) is 2.33. The van der Waals surface area contributed by atoms with Crippen molar-refractivity contribution in [2.75, 3.05) is 20.8 Å². The monoisotopic (exact) mass is 255 g/mol. The Balaban J connectivity index is 2.58. The fourth-order valence-corrected chi connectivity index (χ4v) is 2.53. The largest absolute Gasteiger partial charge is 0.505 e. The van der Waals surface area contributed by atoms with Gasteiger partial charge in [-0.2, -0.15) is 4.39 Å². The van der Waals surface area contributed by atoms with Crippen molar-refractivity contribution in [3.05, 3.63) is 17.4 Å². The van der Waals surface area contributed by atoms with Crippen LogP contribution in [0.2, 0.25) is 0 Å². The van der Waals surface area contributed by atoms with Gasteiger partial charge < -0.3 is 20.3 Å². The Morgan fingerprint density at radius 3 is 2.44 bits per heavy atom. The van der Waals surface area contributed by atoms with Crippen molar-refractivity contribution in [2.45, 2.75) is 24.7 Å². The number of aromatic hydroxyl groups is 1. The molecule has 4 nitrogen and oxygen atoms in total. The van der Waals surface area contributed by atoms with Crippen LogP contribution in [-0.4, -0.2) is 25.9 Å². The first-order valence-corrected chi connectivity index (χ1v) is 5.93. The minimum absolute atomic E-state index is 0.0785. The molecule has 0 saturated heterocycles. The fraction of sp³-hybridized carbons (Fsp3) is 0.538. The lowest BCUT2D eigenvalue weighted by atomic mass is 9.64. The molecular formula is C13H18FNO3. The van der Waals surface area contributed by atoms with Crippen molar-refractivity contribution in [1.82, 2.24) is 0 Å². The van der Waals surface area contributed by atoms with E-state index >= 15 is 0 Å². The van der Waals surface area contributed by atoms with Crippen LogP contribution < -0.4 is 15.2 Å². The molecule has 3 N–H and O–H groups in total. The summed E-state index contributed by atoms with van der Waals surface area (Å²) in [4.78, 5) is 0. The van der Waals surface area contributed by atoms with E-state index in [1.165, 1.54) is 14.2 Å². The van der Waals surface area contributed by atoms with Crippen LogP contribution in [0, 0.1) is 5.82 Å². The van der Waals surface area contributed by atoms with Gasteiger partial charge >= 0.3 is 0 Å². The number of phenols is 1. The molecule has 0 radical (unpaired) electrons. The number of benzene rings is 1. The number of phenolic OH excluding ortho intramolecular Hbond substituents is 1. The van der Waals surface area contributed by atoms with E-state index in [-0.39, 0.29) is 22.7 Å². The second-order valence-electron chi connectivity index (χ2n) is 4.66. The lowest BCUT2D eigenvalue weighted by molar-refractivity contribution is 0.238. The van der Waals surface area contributed by atoms with Crippen molar-refractivity contribution < 1.29 is 19.0 Å². The lowest BCUT2D eigenvalue weighted by Crippen LogP contribution is -2.41. The van der Waals surface area contributed by atoms with Crippen molar-refractivity contribution in [1.29, 1.82) is 0 Å². The predicted octanol–water partition coefficient (Wildman–Crippen LogP) is 1.93. The summed E-state index contributed by atoms with van der Waals surface area (Å²) in [6.45, 7) is 0.384. The van der Waals surface area contributed by atoms with Crippen molar-refractivity contribution in [3.63, 3.8) is 0 Å². The van der Waals surface area contributed by atoms with Gasteiger partial charge in [0.25, 0.3) is 0 Å². The van der Waals surface area contributed by atoms with E-state index in [9.17, 15) is 9.50 Å². The van der Waals surface area contributed by atoms with Gasteiger partial charge in [-0.05, 0) is 18.9 Å². The Kier molecular flexibility index (Phi) is 3.34. The molecule has 1 aromatic carbocycles. The third-order valence-electron chi connectivity index (χ3n) is 3.86. The topological polar surface area (TPSA) is 64.7 Å². The maximum absolute atomic E-state index is 14.0. The summed E-state index contributed by atoms with van der Waals surface area (Å²) in [7, 11) is 2.77. The fourth-order valence-electron chi connectivity index (χ4n) is 2.53. The van der Waals surface area contributed by atoms with Gasteiger partial charge in [0.1, 0.15) is 0 Å². The zero-order chi connectivity index (χ0) is 13.3. The molecule has 100 valence electrons. The van der Waals surface area contributed by atoms with Gasteiger partial charge in [-0.15, -0.1) is 0 Å². The molecule has 1 aromatic rings. The Morgan fingerprint density at radius 1 is 1.39 bits per heavy atom. The zero-order valence-corrected chi connectivity index (χ0v) is 10.6. The van der Waals surface area contributed by atoms with Gasteiger partial charge in [-0.1, -0.05) is 6.42 Å². The minimum atomic E-state index is -0.786. The predicted molar refractivity (Wildman–Crippen MR) is 65.8 cm³/mol. The van der Waals surface area contributed by atoms with Crippen LogP contribution in [0.1, 0.15) is 24.8 Å². The number of hydrogen-bond donors (Lipinski definition) is 2. The van der Waals surface area contributed by atoms with Gasteiger partial charge in [-0.25, -0.2) is 0 Å². The van der Waals surface area contributed by atoms with E-state index in [1.807, 2.05) is 0 Å². The quantitative estimate of drug-likeness (QED) is 0.862. The lowest BCUT2D eigenvalue weighted by Gasteiger charge is -2.42. The summed E-state index contributed by atoms with van der Waals surface area (Å²) in [5.74, 6) is -0.961. The first-order valence-electron chi connectivity index (χ1n) is 5.93. The number of halogens is 1. The van der Waals surface area contributed by atoms with E-state index in [0.29, 0.717) is 12.1 Å². The molecule has 0 heterocycles. The number of methoxy groups -OCH3 is 2. The summed E-state index contributed by atoms with van der Waals surface area (Å²) in [6.07, 6.45) is 2.74. The van der Waals surface area contributed by atoms with Crippen LogP contribution in [0.4, 0.5) is 4.39 Å². The molecule has 0 aliphatic heterocycles. The van der Waals surface area contributed by atoms with Gasteiger partial charge in [-0.3, -0.25) is 0 Å². The van der Waals surface area contributed by atoms with Crippen LogP contribution in [-0.2, 0) is 5.41 Å². The second kappa shape index (κ2) is 4.65. The molecule has 0 atom stereocenters. The highest BCUT2D eigenvalue weighted by Crippen LogP contribution is 2.50. The Morgan fingerprint density at radius 2 is 2.06 bits per heavy atom. The summed E-state index contributed by atoms with van der Waals surface area (Å²) in [6, 6.07) is 1.63. The van der Waals surface area contributed by atoms with E-state index in [2.05, 4.69) is 0 Å². The first-order chi connectivity index (χ1) is 8.59. The van der Waals surface area contributed by atoms with Gasteiger partial charge in [0.05, 0.1) is 14.2 Å². The van der Waals surface area contributed by atoms with Crippen LogP contribution in [0.5, 0.6) is 17.2 Å². The highest BCUT2D eigenvalue weighted by Gasteiger charge is 2.41. The third kappa shape index (κ3) is 1.70. The van der Waals surface area contributed by atoms with E-state index in [1.54, 1.807) is 6.07 Å². The Bertz CT molecular complexity index is 453. The maximum atomic E-state index is 14.0. The Labute approximate surface area is 106 Å². The average molecular weight is 255 g/mol. The molecule has 5 heteroatoms. The standard InChI is InChI=1S/C13H18FNO3/c1-17-9-6-8(13(7-15)4-3-5-13)11(16)10(14)12(9)18-2/h6,16H,3-5,7,15H2,1-2H3. The Hall–Kier alpha value is -1.49. The zero-order valence-electron chi connectivity index (χ0n) is 10.6. The number of nitrogens with two attached hydrogens (primary N) is 1. The van der Waals surface area contributed by atoms with Crippen LogP contribution in [0.25, 0.3) is 0 Å². The molecule has 1 fully saturated rings. The molecule has 2 rings (SSSR count). The second-order valence-corrected chi connectivity index (χ2v) is 4.66. The maximum Gasteiger partial charge on any atom is 0.210 e. The summed E-state index contributed by atoms with van der Waals surface area (Å²) < 4.78 is 24.1. The highest BCUT2D eigenvalue weighted by molar-refractivity contribution is 5.54. The summed E-state index contributed by atoms with van der Waals surface area (Å²) in [5, 5.41) is 10.00. The molecule has 0 unspecified atom stereocenters. The highest BCUT2D eigenvalue weighted by atomic mass is 19.1. The SMILES string of the molecule is COc1cc(C2(CN)CCC2)c(O)c(F)c1OC. The molecule has 1 aliphatic rings. The van der Waals surface area contributed by atoms with E-state index < -0.39 is 5.82 Å². The summed E-state index contributed by atoms with van der Waals surface area (Å²) >= 11 is 0. The molecular weight excluding hydrogens is 237 g/mol.